The number of nitrogens with two attached hydrogens (primary N) is 1. The van der Waals surface area contributed by atoms with Crippen LogP contribution >= 0.6 is 0 Å². The first-order valence-corrected chi connectivity index (χ1v) is 5.18. The van der Waals surface area contributed by atoms with Gasteiger partial charge < -0.3 is 20.3 Å². The molecule has 0 bridgehead atoms. The van der Waals surface area contributed by atoms with Gasteiger partial charge in [-0.05, 0) is 26.0 Å². The van der Waals surface area contributed by atoms with Crippen molar-refractivity contribution < 1.29 is 14.6 Å². The maximum Gasteiger partial charge on any atom is 0.130 e. The molecule has 0 aromatic heterocycles. The molecule has 90 valence electrons. The molecule has 0 aliphatic heterocycles. The molecule has 0 heterocycles. The quantitative estimate of drug-likeness (QED) is 0.812. The van der Waals surface area contributed by atoms with Gasteiger partial charge in [0.25, 0.3) is 0 Å². The molecule has 1 aromatic carbocycles. The van der Waals surface area contributed by atoms with E-state index in [2.05, 4.69) is 0 Å². The molecule has 0 saturated carbocycles. The van der Waals surface area contributed by atoms with E-state index in [1.54, 1.807) is 21.1 Å². The summed E-state index contributed by atoms with van der Waals surface area (Å²) in [5, 5.41) is 9.50. The first kappa shape index (κ1) is 12.8. The van der Waals surface area contributed by atoms with Crippen molar-refractivity contribution in [2.45, 2.75) is 26.0 Å². The molecule has 16 heavy (non-hydrogen) atoms. The lowest BCUT2D eigenvalue weighted by Gasteiger charge is -2.20. The second kappa shape index (κ2) is 5.18. The van der Waals surface area contributed by atoms with Crippen LogP contribution in [0.25, 0.3) is 0 Å². The Morgan fingerprint density at radius 2 is 1.88 bits per heavy atom. The zero-order valence-corrected chi connectivity index (χ0v) is 10.2. The molecule has 3 N–H and O–H groups in total. The van der Waals surface area contributed by atoms with Crippen LogP contribution in [0.4, 0.5) is 0 Å². The fourth-order valence-electron chi connectivity index (χ4n) is 1.71. The van der Waals surface area contributed by atoms with Crippen molar-refractivity contribution in [2.24, 2.45) is 5.73 Å². The summed E-state index contributed by atoms with van der Waals surface area (Å²) >= 11 is 0. The Morgan fingerprint density at radius 1 is 1.25 bits per heavy atom. The van der Waals surface area contributed by atoms with E-state index in [0.717, 1.165) is 16.9 Å². The smallest absolute Gasteiger partial charge is 0.130 e. The summed E-state index contributed by atoms with van der Waals surface area (Å²) in [5.41, 5.74) is 7.58. The molecule has 4 heteroatoms. The molecular formula is C12H19NO3. The highest BCUT2D eigenvalue weighted by Gasteiger charge is 2.19. The van der Waals surface area contributed by atoms with E-state index < -0.39 is 12.1 Å². The SMILES string of the molecule is COc1ccc(C(N)C(C)O)c(OC)c1C. The Morgan fingerprint density at radius 3 is 2.31 bits per heavy atom. The number of ether oxygens (including phenoxy) is 2. The highest BCUT2D eigenvalue weighted by atomic mass is 16.5. The lowest BCUT2D eigenvalue weighted by Crippen LogP contribution is -2.24. The fraction of sp³-hybridized carbons (Fsp3) is 0.500. The molecule has 1 aromatic rings. The van der Waals surface area contributed by atoms with E-state index in [1.807, 2.05) is 19.1 Å². The van der Waals surface area contributed by atoms with Gasteiger partial charge in [0.05, 0.1) is 26.4 Å². The van der Waals surface area contributed by atoms with Crippen LogP contribution < -0.4 is 15.2 Å². The molecule has 0 spiro atoms. The van der Waals surface area contributed by atoms with Gasteiger partial charge in [-0.25, -0.2) is 0 Å². The summed E-state index contributed by atoms with van der Waals surface area (Å²) in [7, 11) is 3.19. The number of benzene rings is 1. The number of hydrogen-bond acceptors (Lipinski definition) is 4. The van der Waals surface area contributed by atoms with Crippen LogP contribution in [0.5, 0.6) is 11.5 Å². The Labute approximate surface area is 96.0 Å². The van der Waals surface area contributed by atoms with Crippen LogP contribution in [0, 0.1) is 6.92 Å². The van der Waals surface area contributed by atoms with Gasteiger partial charge >= 0.3 is 0 Å². The highest BCUT2D eigenvalue weighted by molar-refractivity contribution is 5.50. The van der Waals surface area contributed by atoms with Gasteiger partial charge in [0.2, 0.25) is 0 Å². The van der Waals surface area contributed by atoms with Crippen molar-refractivity contribution in [3.8, 4) is 11.5 Å². The maximum absolute atomic E-state index is 9.50. The summed E-state index contributed by atoms with van der Waals surface area (Å²) in [6.45, 7) is 3.56. The van der Waals surface area contributed by atoms with Crippen LogP contribution in [0.15, 0.2) is 12.1 Å². The third-order valence-corrected chi connectivity index (χ3v) is 2.69. The van der Waals surface area contributed by atoms with Crippen molar-refractivity contribution in [3.63, 3.8) is 0 Å². The minimum Gasteiger partial charge on any atom is -0.496 e. The molecule has 2 atom stereocenters. The second-order valence-corrected chi connectivity index (χ2v) is 3.78. The van der Waals surface area contributed by atoms with Crippen LogP contribution in [-0.2, 0) is 0 Å². The van der Waals surface area contributed by atoms with Gasteiger partial charge in [-0.2, -0.15) is 0 Å². The molecule has 2 unspecified atom stereocenters. The van der Waals surface area contributed by atoms with Gasteiger partial charge in [-0.15, -0.1) is 0 Å². The lowest BCUT2D eigenvalue weighted by atomic mass is 9.99. The summed E-state index contributed by atoms with van der Waals surface area (Å²) in [5.74, 6) is 1.42. The molecule has 0 radical (unpaired) electrons. The highest BCUT2D eigenvalue weighted by Crippen LogP contribution is 2.34. The maximum atomic E-state index is 9.50. The summed E-state index contributed by atoms with van der Waals surface area (Å²) < 4.78 is 10.5. The first-order valence-electron chi connectivity index (χ1n) is 5.18. The minimum atomic E-state index is -0.623. The van der Waals surface area contributed by atoms with Gasteiger partial charge in [-0.1, -0.05) is 0 Å². The molecule has 0 amide bonds. The van der Waals surface area contributed by atoms with Crippen molar-refractivity contribution in [1.29, 1.82) is 0 Å². The largest absolute Gasteiger partial charge is 0.496 e. The molecule has 0 aliphatic carbocycles. The van der Waals surface area contributed by atoms with E-state index in [0.29, 0.717) is 5.75 Å². The van der Waals surface area contributed by atoms with Crippen molar-refractivity contribution in [1.82, 2.24) is 0 Å². The van der Waals surface area contributed by atoms with Crippen molar-refractivity contribution in [2.75, 3.05) is 14.2 Å². The molecule has 0 fully saturated rings. The van der Waals surface area contributed by atoms with E-state index >= 15 is 0 Å². The Kier molecular flexibility index (Phi) is 4.15. The third-order valence-electron chi connectivity index (χ3n) is 2.69. The minimum absolute atomic E-state index is 0.459. The average molecular weight is 225 g/mol. The van der Waals surface area contributed by atoms with Crippen LogP contribution in [-0.4, -0.2) is 25.4 Å². The number of aliphatic hydroxyl groups is 1. The van der Waals surface area contributed by atoms with E-state index in [-0.39, 0.29) is 0 Å². The molecule has 4 nitrogen and oxygen atoms in total. The lowest BCUT2D eigenvalue weighted by molar-refractivity contribution is 0.162. The third kappa shape index (κ3) is 2.28. The second-order valence-electron chi connectivity index (χ2n) is 3.78. The average Bonchev–Trinajstić information content (AvgIpc) is 2.27. The standard InChI is InChI=1S/C12H19NO3/c1-7-10(15-3)6-5-9(12(7)16-4)11(13)8(2)14/h5-6,8,11,14H,13H2,1-4H3. The summed E-state index contributed by atoms with van der Waals surface area (Å²) in [6.07, 6.45) is -0.623. The Bertz CT molecular complexity index is 364. The normalized spacial score (nSPS) is 14.4. The summed E-state index contributed by atoms with van der Waals surface area (Å²) in [6, 6.07) is 3.19. The molecule has 0 aliphatic rings. The fourth-order valence-corrected chi connectivity index (χ4v) is 1.71. The molecular weight excluding hydrogens is 206 g/mol. The molecule has 1 rings (SSSR count). The zero-order chi connectivity index (χ0) is 12.3. The predicted molar refractivity (Wildman–Crippen MR) is 62.9 cm³/mol. The Balaban J connectivity index is 3.25. The van der Waals surface area contributed by atoms with Crippen LogP contribution in [0.1, 0.15) is 24.1 Å². The number of rotatable bonds is 4. The predicted octanol–water partition coefficient (Wildman–Crippen LogP) is 1.39. The van der Waals surface area contributed by atoms with Gasteiger partial charge in [0.1, 0.15) is 11.5 Å². The van der Waals surface area contributed by atoms with E-state index in [9.17, 15) is 5.11 Å². The monoisotopic (exact) mass is 225 g/mol. The van der Waals surface area contributed by atoms with Crippen LogP contribution in [0.2, 0.25) is 0 Å². The van der Waals surface area contributed by atoms with Crippen molar-refractivity contribution in [3.05, 3.63) is 23.3 Å². The number of methoxy groups -OCH3 is 2. The number of hydrogen-bond donors (Lipinski definition) is 2. The van der Waals surface area contributed by atoms with Gasteiger partial charge in [-0.3, -0.25) is 0 Å². The van der Waals surface area contributed by atoms with Gasteiger partial charge in [0, 0.05) is 11.1 Å². The first-order chi connectivity index (χ1) is 7.52. The number of aliphatic hydroxyl groups excluding tert-OH is 1. The zero-order valence-electron chi connectivity index (χ0n) is 10.2. The molecule has 0 saturated heterocycles. The van der Waals surface area contributed by atoms with E-state index in [1.165, 1.54) is 0 Å². The van der Waals surface area contributed by atoms with Gasteiger partial charge in [0.15, 0.2) is 0 Å². The topological polar surface area (TPSA) is 64.7 Å². The van der Waals surface area contributed by atoms with Crippen LogP contribution in [0.3, 0.4) is 0 Å². The Hall–Kier alpha value is -1.26. The van der Waals surface area contributed by atoms with Crippen molar-refractivity contribution >= 4 is 0 Å². The summed E-state index contributed by atoms with van der Waals surface area (Å²) in [4.78, 5) is 0. The van der Waals surface area contributed by atoms with E-state index in [4.69, 9.17) is 15.2 Å².